The normalized spacial score (nSPS) is 23.2. The molecule has 3 atom stereocenters. The van der Waals surface area contributed by atoms with Gasteiger partial charge in [-0.3, -0.25) is 4.21 Å². The number of nitrogens with zero attached hydrogens (tertiary/aromatic N) is 5. The van der Waals surface area contributed by atoms with E-state index < -0.39 is 23.1 Å². The summed E-state index contributed by atoms with van der Waals surface area (Å²) in [5.41, 5.74) is 2.55. The molecule has 0 spiro atoms. The first-order chi connectivity index (χ1) is 18.0. The van der Waals surface area contributed by atoms with Crippen LogP contribution in [0.5, 0.6) is 0 Å². The second kappa shape index (κ2) is 10.2. The SMILES string of the molecule is [B]OC1CCN(c2nccc(Nc3cc4c(C5CC5)ccc(N5CC(CS(C)=O)C5)c4cn3)n2)CC1F. The van der Waals surface area contributed by atoms with E-state index in [9.17, 15) is 8.60 Å². The molecule has 1 aliphatic carbocycles. The standard InChI is InChI=1S/C26H30BFN6O2S/c1-37(35)15-16-12-34(13-16)22-5-4-18(17-2-3-17)19-10-25(30-11-20(19)22)31-24-6-8-29-26(32-24)33-9-7-23(36-27)21(28)14-33/h4-6,8,10-11,16-17,21,23H,2-3,7,9,12-15H2,1H3,(H,29,30,31,32). The third-order valence-electron chi connectivity index (χ3n) is 7.54. The van der Waals surface area contributed by atoms with E-state index in [2.05, 4.69) is 38.4 Å². The molecular formula is C26H30BFN6O2S. The number of rotatable bonds is 8. The fraction of sp³-hybridized carbons (Fsp3) is 0.500. The van der Waals surface area contributed by atoms with Gasteiger partial charge < -0.3 is 19.8 Å². The van der Waals surface area contributed by atoms with Gasteiger partial charge in [0.05, 0.1) is 12.6 Å². The van der Waals surface area contributed by atoms with Gasteiger partial charge in [-0.25, -0.2) is 14.4 Å². The predicted molar refractivity (Wildman–Crippen MR) is 146 cm³/mol. The summed E-state index contributed by atoms with van der Waals surface area (Å²) in [5, 5.41) is 5.68. The molecule has 2 aromatic heterocycles. The molecule has 0 amide bonds. The molecule has 1 N–H and O–H groups in total. The molecule has 3 unspecified atom stereocenters. The van der Waals surface area contributed by atoms with Crippen LogP contribution in [-0.4, -0.2) is 77.7 Å². The number of alkyl halides is 1. The highest BCUT2D eigenvalue weighted by Crippen LogP contribution is 2.45. The van der Waals surface area contributed by atoms with Gasteiger partial charge in [0.25, 0.3) is 8.05 Å². The maximum absolute atomic E-state index is 14.3. The summed E-state index contributed by atoms with van der Waals surface area (Å²) in [5.74, 6) is 3.60. The van der Waals surface area contributed by atoms with Crippen LogP contribution in [0.15, 0.2) is 36.7 Å². The number of fused-ring (bicyclic) bond motifs is 1. The number of nitrogens with one attached hydrogen (secondary N) is 1. The summed E-state index contributed by atoms with van der Waals surface area (Å²) in [7, 11) is 4.44. The summed E-state index contributed by atoms with van der Waals surface area (Å²) in [6.45, 7) is 2.56. The Labute approximate surface area is 219 Å². The first-order valence-electron chi connectivity index (χ1n) is 12.8. The van der Waals surface area contributed by atoms with Crippen LogP contribution in [0.3, 0.4) is 0 Å². The third-order valence-corrected chi connectivity index (χ3v) is 8.48. The van der Waals surface area contributed by atoms with Gasteiger partial charge in [-0.15, -0.1) is 0 Å². The van der Waals surface area contributed by atoms with Crippen molar-refractivity contribution in [3.8, 4) is 0 Å². The predicted octanol–water partition coefficient (Wildman–Crippen LogP) is 3.48. The molecule has 0 bridgehead atoms. The van der Waals surface area contributed by atoms with Crippen LogP contribution in [0.1, 0.15) is 30.7 Å². The largest absolute Gasteiger partial charge is 0.442 e. The minimum atomic E-state index is -1.19. The van der Waals surface area contributed by atoms with Gasteiger partial charge in [0, 0.05) is 71.8 Å². The van der Waals surface area contributed by atoms with Crippen molar-refractivity contribution in [1.82, 2.24) is 15.0 Å². The van der Waals surface area contributed by atoms with E-state index in [1.54, 1.807) is 18.5 Å². The van der Waals surface area contributed by atoms with Gasteiger partial charge in [-0.05, 0) is 54.3 Å². The van der Waals surface area contributed by atoms with Gasteiger partial charge in [0.1, 0.15) is 17.8 Å². The zero-order valence-electron chi connectivity index (χ0n) is 20.8. The highest BCUT2D eigenvalue weighted by atomic mass is 32.2. The molecule has 37 heavy (non-hydrogen) atoms. The average Bonchev–Trinajstić information content (AvgIpc) is 3.71. The molecule has 2 radical (unpaired) electrons. The molecule has 1 saturated carbocycles. The lowest BCUT2D eigenvalue weighted by Crippen LogP contribution is -2.49. The van der Waals surface area contributed by atoms with Crippen molar-refractivity contribution in [2.24, 2.45) is 5.92 Å². The zero-order valence-corrected chi connectivity index (χ0v) is 21.7. The molecule has 6 rings (SSSR count). The number of piperidine rings is 1. The lowest BCUT2D eigenvalue weighted by molar-refractivity contribution is 0.0902. The number of halogens is 1. The Morgan fingerprint density at radius 3 is 2.68 bits per heavy atom. The van der Waals surface area contributed by atoms with Crippen LogP contribution in [-0.2, 0) is 15.5 Å². The summed E-state index contributed by atoms with van der Waals surface area (Å²) < 4.78 is 30.7. The van der Waals surface area contributed by atoms with Crippen LogP contribution in [0.25, 0.3) is 10.8 Å². The van der Waals surface area contributed by atoms with Gasteiger partial charge in [-0.1, -0.05) is 6.07 Å². The number of aromatic nitrogens is 3. The van der Waals surface area contributed by atoms with Crippen molar-refractivity contribution in [2.45, 2.75) is 37.5 Å². The number of pyridine rings is 1. The maximum atomic E-state index is 14.3. The molecule has 2 aliphatic heterocycles. The van der Waals surface area contributed by atoms with Crippen molar-refractivity contribution in [3.05, 3.63) is 42.2 Å². The number of benzene rings is 1. The fourth-order valence-electron chi connectivity index (χ4n) is 5.46. The Morgan fingerprint density at radius 2 is 1.95 bits per heavy atom. The molecule has 3 aromatic rings. The van der Waals surface area contributed by atoms with Crippen molar-refractivity contribution in [2.75, 3.05) is 53.3 Å². The van der Waals surface area contributed by atoms with E-state index in [1.807, 2.05) is 11.1 Å². The minimum absolute atomic E-state index is 0.137. The lowest BCUT2D eigenvalue weighted by Gasteiger charge is -2.41. The van der Waals surface area contributed by atoms with E-state index >= 15 is 0 Å². The monoisotopic (exact) mass is 520 g/mol. The van der Waals surface area contributed by atoms with Crippen LogP contribution < -0.4 is 15.1 Å². The van der Waals surface area contributed by atoms with E-state index in [0.717, 1.165) is 24.2 Å². The van der Waals surface area contributed by atoms with E-state index in [1.165, 1.54) is 29.5 Å². The van der Waals surface area contributed by atoms with Crippen molar-refractivity contribution >= 4 is 52.9 Å². The highest BCUT2D eigenvalue weighted by molar-refractivity contribution is 7.84. The van der Waals surface area contributed by atoms with Gasteiger partial charge in [0.2, 0.25) is 5.95 Å². The summed E-state index contributed by atoms with van der Waals surface area (Å²) in [6, 6.07) is 8.37. The maximum Gasteiger partial charge on any atom is 0.283 e. The Hall–Kier alpha value is -2.79. The number of anilines is 4. The van der Waals surface area contributed by atoms with Crippen LogP contribution in [0, 0.1) is 5.92 Å². The second-order valence-corrected chi connectivity index (χ2v) is 11.8. The van der Waals surface area contributed by atoms with E-state index in [-0.39, 0.29) is 6.54 Å². The van der Waals surface area contributed by atoms with Crippen LogP contribution in [0.4, 0.5) is 27.7 Å². The summed E-state index contributed by atoms with van der Waals surface area (Å²) in [4.78, 5) is 17.9. The molecule has 2 saturated heterocycles. The smallest absolute Gasteiger partial charge is 0.283 e. The van der Waals surface area contributed by atoms with Crippen molar-refractivity contribution < 1.29 is 13.3 Å². The molecule has 1 aromatic carbocycles. The topological polar surface area (TPSA) is 83.5 Å². The van der Waals surface area contributed by atoms with E-state index in [0.29, 0.717) is 42.4 Å². The molecule has 3 aliphatic rings. The molecule has 11 heteroatoms. The Kier molecular flexibility index (Phi) is 6.75. The third kappa shape index (κ3) is 5.16. The number of hydrogen-bond donors (Lipinski definition) is 1. The van der Waals surface area contributed by atoms with Crippen LogP contribution in [0.2, 0.25) is 0 Å². The first-order valence-corrected chi connectivity index (χ1v) is 14.5. The molecular weight excluding hydrogens is 490 g/mol. The van der Waals surface area contributed by atoms with Gasteiger partial charge in [-0.2, -0.15) is 4.98 Å². The Morgan fingerprint density at radius 1 is 1.11 bits per heavy atom. The fourth-order valence-corrected chi connectivity index (χ4v) is 6.34. The quantitative estimate of drug-likeness (QED) is 0.453. The highest BCUT2D eigenvalue weighted by Gasteiger charge is 2.32. The zero-order chi connectivity index (χ0) is 25.5. The van der Waals surface area contributed by atoms with Gasteiger partial charge >= 0.3 is 0 Å². The second-order valence-electron chi connectivity index (χ2n) is 10.4. The number of hydrogen-bond acceptors (Lipinski definition) is 8. The first kappa shape index (κ1) is 24.5. The van der Waals surface area contributed by atoms with Crippen LogP contribution >= 0.6 is 0 Å². The van der Waals surface area contributed by atoms with Gasteiger partial charge in [0.15, 0.2) is 0 Å². The summed E-state index contributed by atoms with van der Waals surface area (Å²) in [6.07, 6.45) is 6.50. The minimum Gasteiger partial charge on any atom is -0.442 e. The molecule has 192 valence electrons. The molecule has 4 heterocycles. The Bertz CT molecular complexity index is 1320. The van der Waals surface area contributed by atoms with Crippen molar-refractivity contribution in [1.29, 1.82) is 0 Å². The van der Waals surface area contributed by atoms with Crippen molar-refractivity contribution in [3.63, 3.8) is 0 Å². The Balaban J connectivity index is 1.23. The lowest BCUT2D eigenvalue weighted by atomic mass is 9.96. The van der Waals surface area contributed by atoms with E-state index in [4.69, 9.17) is 17.7 Å². The molecule has 8 nitrogen and oxygen atoms in total. The molecule has 3 fully saturated rings. The average molecular weight is 520 g/mol. The summed E-state index contributed by atoms with van der Waals surface area (Å²) >= 11 is 0.